The van der Waals surface area contributed by atoms with Gasteiger partial charge in [0.1, 0.15) is 0 Å². The highest BCUT2D eigenvalue weighted by molar-refractivity contribution is 7.92. The minimum absolute atomic E-state index is 0.249. The quantitative estimate of drug-likeness (QED) is 0.843. The van der Waals surface area contributed by atoms with Gasteiger partial charge >= 0.3 is 6.09 Å². The van der Waals surface area contributed by atoms with Gasteiger partial charge in [0.25, 0.3) is 0 Å². The Labute approximate surface area is 156 Å². The summed E-state index contributed by atoms with van der Waals surface area (Å²) in [6.45, 7) is 2.60. The van der Waals surface area contributed by atoms with Crippen LogP contribution < -0.4 is 5.32 Å². The predicted octanol–water partition coefficient (Wildman–Crippen LogP) is 3.07. The number of sulfonamides is 1. The molecule has 0 saturated carbocycles. The summed E-state index contributed by atoms with van der Waals surface area (Å²) in [5.74, 6) is 0. The monoisotopic (exact) mass is 393 g/mol. The molecule has 1 aliphatic rings. The van der Waals surface area contributed by atoms with Gasteiger partial charge in [0.15, 0.2) is 5.13 Å². The molecule has 1 aromatic carbocycles. The predicted molar refractivity (Wildman–Crippen MR) is 101 cm³/mol. The van der Waals surface area contributed by atoms with Gasteiger partial charge in [0.2, 0.25) is 10.0 Å². The SMILES string of the molecule is CCOC(=O)Nc1nc2c(s1)CN(S(=O)(=O)C=Cc1ccccc1)CC2. The van der Waals surface area contributed by atoms with Crippen molar-refractivity contribution >= 4 is 38.7 Å². The largest absolute Gasteiger partial charge is 0.450 e. The maximum atomic E-state index is 12.6. The van der Waals surface area contributed by atoms with Crippen LogP contribution in [0, 0.1) is 0 Å². The van der Waals surface area contributed by atoms with Crippen LogP contribution in [0.15, 0.2) is 35.7 Å². The van der Waals surface area contributed by atoms with E-state index in [2.05, 4.69) is 10.3 Å². The Kier molecular flexibility index (Phi) is 5.70. The lowest BCUT2D eigenvalue weighted by Crippen LogP contribution is -2.34. The van der Waals surface area contributed by atoms with Crippen molar-refractivity contribution in [3.63, 3.8) is 0 Å². The Morgan fingerprint density at radius 3 is 2.88 bits per heavy atom. The Balaban J connectivity index is 1.70. The van der Waals surface area contributed by atoms with Crippen LogP contribution in [0.5, 0.6) is 0 Å². The highest BCUT2D eigenvalue weighted by Crippen LogP contribution is 2.30. The fraction of sp³-hybridized carbons (Fsp3) is 0.294. The van der Waals surface area contributed by atoms with Crippen molar-refractivity contribution in [3.05, 3.63) is 51.9 Å². The Morgan fingerprint density at radius 2 is 2.15 bits per heavy atom. The molecule has 0 bridgehead atoms. The van der Waals surface area contributed by atoms with Gasteiger partial charge in [-0.1, -0.05) is 41.7 Å². The van der Waals surface area contributed by atoms with Gasteiger partial charge in [0, 0.05) is 23.3 Å². The molecule has 9 heteroatoms. The van der Waals surface area contributed by atoms with Crippen LogP contribution in [0.4, 0.5) is 9.93 Å². The van der Waals surface area contributed by atoms with Gasteiger partial charge in [0.05, 0.1) is 18.8 Å². The molecule has 7 nitrogen and oxygen atoms in total. The number of carbonyl (C=O) groups excluding carboxylic acids is 1. The number of aromatic nitrogens is 1. The molecule has 1 amide bonds. The highest BCUT2D eigenvalue weighted by atomic mass is 32.2. The maximum absolute atomic E-state index is 12.6. The summed E-state index contributed by atoms with van der Waals surface area (Å²) in [7, 11) is -3.53. The lowest BCUT2D eigenvalue weighted by atomic mass is 10.2. The molecule has 0 atom stereocenters. The number of hydrogen-bond donors (Lipinski definition) is 1. The number of nitrogens with zero attached hydrogens (tertiary/aromatic N) is 2. The Morgan fingerprint density at radius 1 is 1.38 bits per heavy atom. The fourth-order valence-corrected chi connectivity index (χ4v) is 4.76. The molecule has 26 heavy (non-hydrogen) atoms. The van der Waals surface area contributed by atoms with Crippen molar-refractivity contribution in [2.75, 3.05) is 18.5 Å². The van der Waals surface area contributed by atoms with Crippen molar-refractivity contribution in [1.82, 2.24) is 9.29 Å². The molecule has 0 radical (unpaired) electrons. The zero-order chi connectivity index (χ0) is 18.6. The van der Waals surface area contributed by atoms with Crippen LogP contribution in [-0.2, 0) is 27.7 Å². The number of ether oxygens (including phenoxy) is 1. The topological polar surface area (TPSA) is 88.6 Å². The third kappa shape index (κ3) is 4.48. The second-order valence-corrected chi connectivity index (χ2v) is 8.48. The molecule has 2 heterocycles. The van der Waals surface area contributed by atoms with E-state index in [0.717, 1.165) is 16.1 Å². The summed E-state index contributed by atoms with van der Waals surface area (Å²) in [6, 6.07) is 9.28. The highest BCUT2D eigenvalue weighted by Gasteiger charge is 2.27. The summed E-state index contributed by atoms with van der Waals surface area (Å²) in [5, 5.41) is 4.22. The van der Waals surface area contributed by atoms with Crippen molar-refractivity contribution in [1.29, 1.82) is 0 Å². The van der Waals surface area contributed by atoms with Crippen LogP contribution in [0.25, 0.3) is 6.08 Å². The summed E-state index contributed by atoms with van der Waals surface area (Å²) in [6.07, 6.45) is 1.54. The van der Waals surface area contributed by atoms with Crippen molar-refractivity contribution < 1.29 is 17.9 Å². The maximum Gasteiger partial charge on any atom is 0.413 e. The van der Waals surface area contributed by atoms with E-state index in [1.54, 1.807) is 13.0 Å². The summed E-state index contributed by atoms with van der Waals surface area (Å²) < 4.78 is 31.4. The molecule has 1 aromatic heterocycles. The molecular weight excluding hydrogens is 374 g/mol. The number of fused-ring (bicyclic) bond motifs is 1. The molecule has 0 saturated heterocycles. The third-order valence-corrected chi connectivity index (χ3v) is 6.28. The van der Waals surface area contributed by atoms with E-state index in [1.165, 1.54) is 21.1 Å². The van der Waals surface area contributed by atoms with Gasteiger partial charge < -0.3 is 4.74 Å². The first-order valence-electron chi connectivity index (χ1n) is 8.13. The molecule has 1 aliphatic heterocycles. The van der Waals surface area contributed by atoms with Gasteiger partial charge in [-0.15, -0.1) is 0 Å². The number of rotatable bonds is 5. The third-order valence-electron chi connectivity index (χ3n) is 3.77. The number of thiazole rings is 1. The van der Waals surface area contributed by atoms with Gasteiger partial charge in [-0.3, -0.25) is 5.32 Å². The number of benzene rings is 1. The number of amides is 1. The van der Waals surface area contributed by atoms with Gasteiger partial charge in [-0.2, -0.15) is 4.31 Å². The van der Waals surface area contributed by atoms with E-state index in [4.69, 9.17) is 4.74 Å². The first-order chi connectivity index (χ1) is 12.5. The van der Waals surface area contributed by atoms with Gasteiger partial charge in [-0.25, -0.2) is 18.2 Å². The Bertz CT molecular complexity index is 907. The van der Waals surface area contributed by atoms with Crippen molar-refractivity contribution in [2.45, 2.75) is 19.9 Å². The average Bonchev–Trinajstić information content (AvgIpc) is 3.02. The van der Waals surface area contributed by atoms with Gasteiger partial charge in [-0.05, 0) is 18.6 Å². The molecule has 2 aromatic rings. The lowest BCUT2D eigenvalue weighted by molar-refractivity contribution is 0.168. The molecule has 1 N–H and O–H groups in total. The minimum Gasteiger partial charge on any atom is -0.450 e. The molecule has 0 spiro atoms. The fourth-order valence-electron chi connectivity index (χ4n) is 2.51. The molecule has 0 fully saturated rings. The van der Waals surface area contributed by atoms with E-state index >= 15 is 0 Å². The smallest absolute Gasteiger partial charge is 0.413 e. The van der Waals surface area contributed by atoms with Crippen LogP contribution in [0.2, 0.25) is 0 Å². The van der Waals surface area contributed by atoms with E-state index in [9.17, 15) is 13.2 Å². The van der Waals surface area contributed by atoms with E-state index < -0.39 is 16.1 Å². The second-order valence-electron chi connectivity index (χ2n) is 5.58. The zero-order valence-electron chi connectivity index (χ0n) is 14.2. The Hall–Kier alpha value is -2.23. The first-order valence-corrected chi connectivity index (χ1v) is 10.5. The molecule has 3 rings (SSSR count). The summed E-state index contributed by atoms with van der Waals surface area (Å²) >= 11 is 1.27. The van der Waals surface area contributed by atoms with Crippen LogP contribution >= 0.6 is 11.3 Å². The molecular formula is C17H19N3O4S2. The number of carbonyl (C=O) groups is 1. The molecule has 138 valence electrons. The molecule has 0 aliphatic carbocycles. The molecule has 0 unspecified atom stereocenters. The lowest BCUT2D eigenvalue weighted by Gasteiger charge is -2.23. The zero-order valence-corrected chi connectivity index (χ0v) is 15.8. The first kappa shape index (κ1) is 18.6. The van der Waals surface area contributed by atoms with E-state index in [-0.39, 0.29) is 13.2 Å². The van der Waals surface area contributed by atoms with Crippen LogP contribution in [0.1, 0.15) is 23.1 Å². The van der Waals surface area contributed by atoms with Crippen molar-refractivity contribution in [3.8, 4) is 0 Å². The number of hydrogen-bond acceptors (Lipinski definition) is 6. The summed E-state index contributed by atoms with van der Waals surface area (Å²) in [4.78, 5) is 16.7. The summed E-state index contributed by atoms with van der Waals surface area (Å²) in [5.41, 5.74) is 1.65. The van der Waals surface area contributed by atoms with E-state index in [1.807, 2.05) is 30.3 Å². The number of nitrogens with one attached hydrogen (secondary N) is 1. The second kappa shape index (κ2) is 7.98. The normalized spacial score (nSPS) is 15.0. The van der Waals surface area contributed by atoms with Crippen molar-refractivity contribution in [2.24, 2.45) is 0 Å². The average molecular weight is 393 g/mol. The van der Waals surface area contributed by atoms with Crippen LogP contribution in [0.3, 0.4) is 0 Å². The minimum atomic E-state index is -3.53. The number of anilines is 1. The van der Waals surface area contributed by atoms with E-state index in [0.29, 0.717) is 18.1 Å². The standard InChI is InChI=1S/C17H19N3O4S2/c1-2-24-17(21)19-16-18-14-8-10-20(12-15(14)25-16)26(22,23)11-9-13-6-4-3-5-7-13/h3-7,9,11H,2,8,10,12H2,1H3,(H,18,19,21). The van der Waals surface area contributed by atoms with Crippen LogP contribution in [-0.4, -0.2) is 37.0 Å².